The number of hydrogen-bond acceptors (Lipinski definition) is 8. The lowest BCUT2D eigenvalue weighted by Crippen LogP contribution is -1.96. The number of rotatable bonds is 4. The van der Waals surface area contributed by atoms with Gasteiger partial charge in [-0.2, -0.15) is 9.78 Å². The number of benzene rings is 1. The first-order chi connectivity index (χ1) is 13.1. The van der Waals surface area contributed by atoms with Crippen LogP contribution in [0.5, 0.6) is 11.5 Å². The van der Waals surface area contributed by atoms with Crippen LogP contribution in [0.4, 0.5) is 5.82 Å². The zero-order valence-corrected chi connectivity index (χ0v) is 14.5. The molecule has 4 rings (SSSR count). The van der Waals surface area contributed by atoms with Crippen LogP contribution in [0.25, 0.3) is 28.6 Å². The predicted octanol–water partition coefficient (Wildman–Crippen LogP) is 2.52. The highest BCUT2D eigenvalue weighted by Crippen LogP contribution is 2.33. The molecule has 3 aromatic heterocycles. The number of anilines is 1. The molecule has 3 heterocycles. The molecule has 0 atom stereocenters. The normalized spacial score (nSPS) is 10.7. The summed E-state index contributed by atoms with van der Waals surface area (Å²) < 4.78 is 17.8. The number of fused-ring (bicyclic) bond motifs is 1. The molecular formula is C18H14N6O3. The molecule has 0 saturated heterocycles. The largest absolute Gasteiger partial charge is 0.493 e. The first-order valence-electron chi connectivity index (χ1n) is 7.87. The summed E-state index contributed by atoms with van der Waals surface area (Å²) in [6, 6.07) is 8.99. The molecule has 4 aromatic rings. The summed E-state index contributed by atoms with van der Waals surface area (Å²) in [6.07, 6.45) is 3.16. The van der Waals surface area contributed by atoms with Gasteiger partial charge in [0.1, 0.15) is 11.9 Å². The van der Waals surface area contributed by atoms with Gasteiger partial charge >= 0.3 is 5.84 Å². The summed E-state index contributed by atoms with van der Waals surface area (Å²) in [4.78, 5) is 8.28. The van der Waals surface area contributed by atoms with Crippen LogP contribution in [0, 0.1) is 11.3 Å². The first kappa shape index (κ1) is 16.4. The van der Waals surface area contributed by atoms with Gasteiger partial charge in [0.25, 0.3) is 0 Å². The third kappa shape index (κ3) is 2.69. The number of pyridine rings is 1. The van der Waals surface area contributed by atoms with Crippen molar-refractivity contribution in [1.29, 1.82) is 5.26 Å². The van der Waals surface area contributed by atoms with Gasteiger partial charge in [-0.25, -0.2) is 9.97 Å². The van der Waals surface area contributed by atoms with Gasteiger partial charge in [0, 0.05) is 17.3 Å². The second-order valence-electron chi connectivity index (χ2n) is 5.58. The minimum Gasteiger partial charge on any atom is -0.493 e. The van der Waals surface area contributed by atoms with E-state index in [0.29, 0.717) is 40.1 Å². The van der Waals surface area contributed by atoms with Crippen molar-refractivity contribution in [3.05, 3.63) is 42.2 Å². The molecule has 27 heavy (non-hydrogen) atoms. The van der Waals surface area contributed by atoms with Crippen LogP contribution >= 0.6 is 0 Å². The van der Waals surface area contributed by atoms with Gasteiger partial charge in [-0.05, 0) is 24.3 Å². The molecule has 1 aromatic carbocycles. The van der Waals surface area contributed by atoms with Crippen molar-refractivity contribution in [3.8, 4) is 40.3 Å². The van der Waals surface area contributed by atoms with Crippen molar-refractivity contribution in [3.63, 3.8) is 0 Å². The molecule has 0 aliphatic rings. The van der Waals surface area contributed by atoms with Crippen LogP contribution in [0.1, 0.15) is 5.56 Å². The van der Waals surface area contributed by atoms with Crippen molar-refractivity contribution in [2.75, 3.05) is 20.0 Å². The van der Waals surface area contributed by atoms with E-state index in [1.807, 2.05) is 12.1 Å². The van der Waals surface area contributed by atoms with Crippen molar-refractivity contribution < 1.29 is 13.9 Å². The molecule has 0 amide bonds. The first-order valence-corrected chi connectivity index (χ1v) is 7.87. The molecule has 0 saturated carbocycles. The molecule has 9 heteroatoms. The predicted molar refractivity (Wildman–Crippen MR) is 96.2 cm³/mol. The smallest absolute Gasteiger partial charge is 0.325 e. The SMILES string of the molecule is COc1ccc(-c2nn3c(-c4cnc(N)c(C#N)c4)cnc3o2)cc1OC. The van der Waals surface area contributed by atoms with Crippen molar-refractivity contribution in [2.45, 2.75) is 0 Å². The van der Waals surface area contributed by atoms with E-state index >= 15 is 0 Å². The monoisotopic (exact) mass is 362 g/mol. The Labute approximate surface area is 153 Å². The van der Waals surface area contributed by atoms with E-state index in [2.05, 4.69) is 15.1 Å². The second-order valence-corrected chi connectivity index (χ2v) is 5.58. The van der Waals surface area contributed by atoms with Crippen LogP contribution in [0.15, 0.2) is 41.1 Å². The van der Waals surface area contributed by atoms with Crippen LogP contribution < -0.4 is 15.2 Å². The quantitative estimate of drug-likeness (QED) is 0.587. The number of methoxy groups -OCH3 is 2. The highest BCUT2D eigenvalue weighted by molar-refractivity contribution is 5.67. The molecule has 0 aliphatic heterocycles. The molecule has 0 aliphatic carbocycles. The Morgan fingerprint density at radius 1 is 1.07 bits per heavy atom. The maximum atomic E-state index is 9.15. The van der Waals surface area contributed by atoms with Crippen LogP contribution in [0.2, 0.25) is 0 Å². The third-order valence-corrected chi connectivity index (χ3v) is 4.05. The zero-order valence-electron chi connectivity index (χ0n) is 14.5. The number of nitrogens with two attached hydrogens (primary N) is 1. The molecule has 9 nitrogen and oxygen atoms in total. The molecule has 0 bridgehead atoms. The number of aromatic nitrogens is 4. The second kappa shape index (κ2) is 6.34. The summed E-state index contributed by atoms with van der Waals surface area (Å²) in [5.41, 5.74) is 7.96. The van der Waals surface area contributed by atoms with E-state index < -0.39 is 0 Å². The average molecular weight is 362 g/mol. The van der Waals surface area contributed by atoms with Crippen molar-refractivity contribution in [2.24, 2.45) is 0 Å². The summed E-state index contributed by atoms with van der Waals surface area (Å²) >= 11 is 0. The molecule has 0 radical (unpaired) electrons. The summed E-state index contributed by atoms with van der Waals surface area (Å²) in [7, 11) is 3.13. The van der Waals surface area contributed by atoms with E-state index in [0.717, 1.165) is 0 Å². The standard InChI is InChI=1S/C18H14N6O3/c1-25-14-4-3-10(6-15(14)26-2)17-23-24-13(9-22-18(24)27-17)12-5-11(7-19)16(20)21-8-12/h3-6,8-9H,1-2H3,(H2,20,21). The summed E-state index contributed by atoms with van der Waals surface area (Å²) in [5, 5.41) is 13.6. The maximum absolute atomic E-state index is 9.15. The highest BCUT2D eigenvalue weighted by atomic mass is 16.5. The van der Waals surface area contributed by atoms with E-state index in [1.165, 1.54) is 0 Å². The number of imidazole rings is 1. The molecule has 0 unspecified atom stereocenters. The van der Waals surface area contributed by atoms with Gasteiger partial charge in [-0.1, -0.05) is 0 Å². The van der Waals surface area contributed by atoms with Crippen molar-refractivity contribution >= 4 is 11.7 Å². The molecular weight excluding hydrogens is 348 g/mol. The Morgan fingerprint density at radius 2 is 1.89 bits per heavy atom. The minimum atomic E-state index is 0.174. The van der Waals surface area contributed by atoms with E-state index in [1.54, 1.807) is 49.3 Å². The van der Waals surface area contributed by atoms with Crippen LogP contribution in [-0.4, -0.2) is 33.8 Å². The highest BCUT2D eigenvalue weighted by Gasteiger charge is 2.17. The van der Waals surface area contributed by atoms with E-state index in [9.17, 15) is 0 Å². The summed E-state index contributed by atoms with van der Waals surface area (Å²) in [5.74, 6) is 2.02. The molecule has 0 fully saturated rings. The Hall–Kier alpha value is -4.06. The zero-order chi connectivity index (χ0) is 19.0. The van der Waals surface area contributed by atoms with Crippen LogP contribution in [-0.2, 0) is 0 Å². The Morgan fingerprint density at radius 3 is 2.63 bits per heavy atom. The lowest BCUT2D eigenvalue weighted by Gasteiger charge is -2.07. The molecule has 2 N–H and O–H groups in total. The Bertz CT molecular complexity index is 1190. The number of ether oxygens (including phenoxy) is 2. The van der Waals surface area contributed by atoms with Crippen molar-refractivity contribution in [1.82, 2.24) is 19.6 Å². The fourth-order valence-corrected chi connectivity index (χ4v) is 2.68. The minimum absolute atomic E-state index is 0.174. The Kier molecular flexibility index (Phi) is 3.86. The number of hydrogen-bond donors (Lipinski definition) is 1. The maximum Gasteiger partial charge on any atom is 0.325 e. The van der Waals surface area contributed by atoms with Gasteiger partial charge in [0.15, 0.2) is 11.5 Å². The molecule has 0 spiro atoms. The summed E-state index contributed by atoms with van der Waals surface area (Å²) in [6.45, 7) is 0. The fraction of sp³-hybridized carbons (Fsp3) is 0.111. The number of nitrogens with zero attached hydrogens (tertiary/aromatic N) is 5. The number of nitriles is 1. The fourth-order valence-electron chi connectivity index (χ4n) is 2.68. The van der Waals surface area contributed by atoms with E-state index in [-0.39, 0.29) is 11.4 Å². The van der Waals surface area contributed by atoms with Crippen LogP contribution in [0.3, 0.4) is 0 Å². The number of nitrogen functional groups attached to an aromatic ring is 1. The van der Waals surface area contributed by atoms with Gasteiger partial charge in [-0.3, -0.25) is 0 Å². The van der Waals surface area contributed by atoms with Gasteiger partial charge in [0.2, 0.25) is 5.89 Å². The Balaban J connectivity index is 1.80. The lowest BCUT2D eigenvalue weighted by atomic mass is 10.1. The lowest BCUT2D eigenvalue weighted by molar-refractivity contribution is 0.355. The molecule has 134 valence electrons. The van der Waals surface area contributed by atoms with Gasteiger partial charge < -0.3 is 19.6 Å². The van der Waals surface area contributed by atoms with Gasteiger partial charge in [0.05, 0.1) is 31.7 Å². The van der Waals surface area contributed by atoms with Gasteiger partial charge in [-0.15, -0.1) is 5.10 Å². The average Bonchev–Trinajstić information content (AvgIpc) is 3.29. The third-order valence-electron chi connectivity index (χ3n) is 4.05. The van der Waals surface area contributed by atoms with E-state index in [4.69, 9.17) is 24.9 Å². The topological polar surface area (TPSA) is 124 Å².